The van der Waals surface area contributed by atoms with Gasteiger partial charge in [0.1, 0.15) is 0 Å². The monoisotopic (exact) mass is 302 g/mol. The highest BCUT2D eigenvalue weighted by Gasteiger charge is 2.47. The largest absolute Gasteiger partial charge is 0.413 e. The van der Waals surface area contributed by atoms with E-state index < -0.39 is 14.4 Å². The van der Waals surface area contributed by atoms with Crippen LogP contribution in [0.25, 0.3) is 0 Å². The first kappa shape index (κ1) is 18.1. The summed E-state index contributed by atoms with van der Waals surface area (Å²) in [6.45, 7) is 18.2. The summed E-state index contributed by atoms with van der Waals surface area (Å²) in [5.41, 5.74) is 1.67. The molecule has 1 heterocycles. The summed E-state index contributed by atoms with van der Waals surface area (Å²) in [6, 6.07) is 0. The third-order valence-corrected chi connectivity index (χ3v) is 11.2. The van der Waals surface area contributed by atoms with E-state index in [2.05, 4.69) is 55.4 Å². The summed E-state index contributed by atoms with van der Waals surface area (Å²) in [5, 5.41) is 10.4. The highest BCUT2D eigenvalue weighted by atomic mass is 28.4. The van der Waals surface area contributed by atoms with Gasteiger partial charge in [-0.15, -0.1) is 0 Å². The number of aliphatic hydroxyl groups excluding tert-OH is 1. The van der Waals surface area contributed by atoms with Crippen molar-refractivity contribution in [2.45, 2.75) is 90.3 Å². The third kappa shape index (κ3) is 3.64. The molecule has 1 aliphatic rings. The van der Waals surface area contributed by atoms with Crippen molar-refractivity contribution in [3.8, 4) is 0 Å². The minimum absolute atomic E-state index is 0.156. The van der Waals surface area contributed by atoms with Crippen LogP contribution in [0, 0.1) is 5.92 Å². The Morgan fingerprint density at radius 3 is 1.70 bits per heavy atom. The molecule has 0 amide bonds. The Hall–Kier alpha value is 0.0969. The number of hydrogen-bond acceptors (Lipinski definition) is 3. The molecule has 0 spiro atoms. The summed E-state index contributed by atoms with van der Waals surface area (Å²) >= 11 is 0. The molecule has 0 aromatic heterocycles. The SMILES string of the molecule is CC(C)[Si](OC[C@@H](O)[C@@H](C)[C@H]1O[C@H]1C)(C(C)C)C(C)C. The first-order valence-corrected chi connectivity index (χ1v) is 10.3. The van der Waals surface area contributed by atoms with Crippen molar-refractivity contribution >= 4 is 8.32 Å². The van der Waals surface area contributed by atoms with E-state index in [0.29, 0.717) is 29.3 Å². The van der Waals surface area contributed by atoms with Crippen LogP contribution >= 0.6 is 0 Å². The Kier molecular flexibility index (Phi) is 6.26. The van der Waals surface area contributed by atoms with Gasteiger partial charge in [0.15, 0.2) is 8.32 Å². The molecule has 3 nitrogen and oxygen atoms in total. The van der Waals surface area contributed by atoms with E-state index in [1.807, 2.05) is 0 Å². The molecular weight excluding hydrogens is 268 g/mol. The van der Waals surface area contributed by atoms with Gasteiger partial charge in [-0.25, -0.2) is 0 Å². The Morgan fingerprint density at radius 2 is 1.40 bits per heavy atom. The lowest BCUT2D eigenvalue weighted by molar-refractivity contribution is 0.0455. The van der Waals surface area contributed by atoms with Gasteiger partial charge < -0.3 is 14.3 Å². The van der Waals surface area contributed by atoms with E-state index >= 15 is 0 Å². The number of epoxide rings is 1. The lowest BCUT2D eigenvalue weighted by Crippen LogP contribution is -2.49. The molecule has 0 radical (unpaired) electrons. The second kappa shape index (κ2) is 6.90. The van der Waals surface area contributed by atoms with Crippen LogP contribution in [-0.4, -0.2) is 38.3 Å². The quantitative estimate of drug-likeness (QED) is 0.545. The van der Waals surface area contributed by atoms with Gasteiger partial charge in [0, 0.05) is 5.92 Å². The zero-order valence-electron chi connectivity index (χ0n) is 14.5. The Bertz CT molecular complexity index is 282. The van der Waals surface area contributed by atoms with Crippen LogP contribution in [0.3, 0.4) is 0 Å². The van der Waals surface area contributed by atoms with Gasteiger partial charge in [0.25, 0.3) is 0 Å². The van der Waals surface area contributed by atoms with Gasteiger partial charge in [-0.2, -0.15) is 0 Å². The van der Waals surface area contributed by atoms with Crippen LogP contribution in [-0.2, 0) is 9.16 Å². The van der Waals surface area contributed by atoms with Crippen molar-refractivity contribution in [1.29, 1.82) is 0 Å². The number of aliphatic hydroxyl groups is 1. The van der Waals surface area contributed by atoms with Crippen molar-refractivity contribution in [2.24, 2.45) is 5.92 Å². The summed E-state index contributed by atoms with van der Waals surface area (Å²) in [6.07, 6.45) is 0.0804. The lowest BCUT2D eigenvalue weighted by atomic mass is 10.00. The summed E-state index contributed by atoms with van der Waals surface area (Å²) in [5.74, 6) is 0.156. The molecule has 0 saturated carbocycles. The molecule has 1 saturated heterocycles. The van der Waals surface area contributed by atoms with E-state index in [1.165, 1.54) is 0 Å². The standard InChI is InChI=1S/C16H34O3Si/c1-10(2)20(11(3)4,12(5)6)18-9-15(17)13(7)16-14(8)19-16/h10-17H,9H2,1-8H3/t13-,14+,15-,16-/m1/s1. The maximum atomic E-state index is 10.4. The van der Waals surface area contributed by atoms with Crippen molar-refractivity contribution < 1.29 is 14.3 Å². The van der Waals surface area contributed by atoms with Gasteiger partial charge in [-0.1, -0.05) is 48.5 Å². The smallest absolute Gasteiger partial charge is 0.200 e. The molecule has 1 aliphatic heterocycles. The van der Waals surface area contributed by atoms with Crippen LogP contribution in [0.15, 0.2) is 0 Å². The fraction of sp³-hybridized carbons (Fsp3) is 1.00. The minimum Gasteiger partial charge on any atom is -0.413 e. The minimum atomic E-state index is -1.87. The zero-order chi connectivity index (χ0) is 15.7. The highest BCUT2D eigenvalue weighted by Crippen LogP contribution is 2.42. The topological polar surface area (TPSA) is 42.0 Å². The maximum Gasteiger partial charge on any atom is 0.200 e. The molecule has 0 aliphatic carbocycles. The molecule has 20 heavy (non-hydrogen) atoms. The second-order valence-electron chi connectivity index (χ2n) is 7.36. The zero-order valence-corrected chi connectivity index (χ0v) is 15.5. The number of rotatable bonds is 8. The normalized spacial score (nSPS) is 26.4. The molecule has 4 atom stereocenters. The fourth-order valence-corrected chi connectivity index (χ4v) is 9.31. The molecule has 1 N–H and O–H groups in total. The second-order valence-corrected chi connectivity index (χ2v) is 12.8. The van der Waals surface area contributed by atoms with E-state index in [-0.39, 0.29) is 12.0 Å². The molecule has 0 unspecified atom stereocenters. The summed E-state index contributed by atoms with van der Waals surface area (Å²) < 4.78 is 11.9. The highest BCUT2D eigenvalue weighted by molar-refractivity contribution is 6.77. The van der Waals surface area contributed by atoms with Gasteiger partial charge >= 0.3 is 0 Å². The Morgan fingerprint density at radius 1 is 1.00 bits per heavy atom. The average Bonchev–Trinajstić information content (AvgIpc) is 3.04. The molecule has 1 rings (SSSR count). The molecule has 4 heteroatoms. The molecular formula is C16H34O3Si. The van der Waals surface area contributed by atoms with Crippen molar-refractivity contribution in [3.63, 3.8) is 0 Å². The van der Waals surface area contributed by atoms with Gasteiger partial charge in [0.05, 0.1) is 24.9 Å². The first-order valence-electron chi connectivity index (χ1n) is 8.12. The van der Waals surface area contributed by atoms with E-state index in [0.717, 1.165) is 0 Å². The third-order valence-electron chi connectivity index (χ3n) is 5.09. The van der Waals surface area contributed by atoms with Gasteiger partial charge in [-0.05, 0) is 23.5 Å². The van der Waals surface area contributed by atoms with Crippen LogP contribution in [0.5, 0.6) is 0 Å². The molecule has 0 bridgehead atoms. The summed E-state index contributed by atoms with van der Waals surface area (Å²) in [7, 11) is -1.87. The van der Waals surface area contributed by atoms with Crippen LogP contribution in [0.4, 0.5) is 0 Å². The van der Waals surface area contributed by atoms with Crippen LogP contribution < -0.4 is 0 Å². The predicted octanol–water partition coefficient (Wildman–Crippen LogP) is 3.96. The Balaban J connectivity index is 2.66. The Labute approximate surface area is 126 Å². The van der Waals surface area contributed by atoms with Gasteiger partial charge in [0.2, 0.25) is 0 Å². The fourth-order valence-electron chi connectivity index (χ4n) is 3.85. The predicted molar refractivity (Wildman–Crippen MR) is 86.5 cm³/mol. The molecule has 120 valence electrons. The van der Waals surface area contributed by atoms with E-state index in [4.69, 9.17) is 9.16 Å². The molecule has 1 fully saturated rings. The number of ether oxygens (including phenoxy) is 1. The van der Waals surface area contributed by atoms with Crippen molar-refractivity contribution in [1.82, 2.24) is 0 Å². The average molecular weight is 303 g/mol. The summed E-state index contributed by atoms with van der Waals surface area (Å²) in [4.78, 5) is 0. The van der Waals surface area contributed by atoms with Crippen LogP contribution in [0.2, 0.25) is 16.6 Å². The van der Waals surface area contributed by atoms with Crippen molar-refractivity contribution in [3.05, 3.63) is 0 Å². The molecule has 0 aromatic carbocycles. The number of hydrogen-bond donors (Lipinski definition) is 1. The maximum absolute atomic E-state index is 10.4. The lowest BCUT2D eigenvalue weighted by Gasteiger charge is -2.43. The molecule has 0 aromatic rings. The van der Waals surface area contributed by atoms with E-state index in [9.17, 15) is 5.11 Å². The van der Waals surface area contributed by atoms with Crippen LogP contribution in [0.1, 0.15) is 55.4 Å². The van der Waals surface area contributed by atoms with Gasteiger partial charge in [-0.3, -0.25) is 0 Å². The van der Waals surface area contributed by atoms with Crippen molar-refractivity contribution in [2.75, 3.05) is 6.61 Å². The van der Waals surface area contributed by atoms with E-state index in [1.54, 1.807) is 0 Å². The first-order chi connectivity index (χ1) is 9.14.